The van der Waals surface area contributed by atoms with Gasteiger partial charge in [-0.2, -0.15) is 0 Å². The smallest absolute Gasteiger partial charge is 0.213 e. The lowest BCUT2D eigenvalue weighted by Gasteiger charge is -2.08. The second-order valence-corrected chi connectivity index (χ2v) is 5.13. The van der Waals surface area contributed by atoms with Crippen LogP contribution in [0, 0.1) is 0 Å². The Morgan fingerprint density at radius 3 is 2.80 bits per heavy atom. The molecule has 2 rings (SSSR count). The molecule has 0 amide bonds. The van der Waals surface area contributed by atoms with E-state index in [0.29, 0.717) is 19.1 Å². The zero-order valence-electron chi connectivity index (χ0n) is 11.3. The number of nitrogens with one attached hydrogen (secondary N) is 1. The Morgan fingerprint density at radius 1 is 1.20 bits per heavy atom. The second kappa shape index (κ2) is 7.87. The average Bonchev–Trinajstić information content (AvgIpc) is 2.47. The Morgan fingerprint density at radius 2 is 2.10 bits per heavy atom. The van der Waals surface area contributed by atoms with Crippen LogP contribution in [0.15, 0.2) is 47.1 Å². The van der Waals surface area contributed by atoms with Crippen molar-refractivity contribution in [3.05, 3.63) is 52.6 Å². The number of ether oxygens (including phenoxy) is 2. The highest BCUT2D eigenvalue weighted by Gasteiger charge is 1.98. The largest absolute Gasteiger partial charge is 0.475 e. The minimum atomic E-state index is 0.508. The van der Waals surface area contributed by atoms with E-state index >= 15 is 0 Å². The molecule has 0 aliphatic rings. The molecule has 0 spiro atoms. The first-order valence-electron chi connectivity index (χ1n) is 6.34. The van der Waals surface area contributed by atoms with Crippen molar-refractivity contribution in [1.82, 2.24) is 4.98 Å². The van der Waals surface area contributed by atoms with Gasteiger partial charge in [0.2, 0.25) is 5.88 Å². The molecule has 5 heteroatoms. The van der Waals surface area contributed by atoms with Crippen molar-refractivity contribution in [2.24, 2.45) is 0 Å². The first-order valence-corrected chi connectivity index (χ1v) is 7.13. The van der Waals surface area contributed by atoms with E-state index in [1.54, 1.807) is 13.3 Å². The lowest BCUT2D eigenvalue weighted by Crippen LogP contribution is -2.05. The Bertz CT molecular complexity index is 532. The van der Waals surface area contributed by atoms with Gasteiger partial charge in [-0.1, -0.05) is 28.1 Å². The third kappa shape index (κ3) is 4.83. The van der Waals surface area contributed by atoms with E-state index in [9.17, 15) is 0 Å². The van der Waals surface area contributed by atoms with Crippen LogP contribution in [0.1, 0.15) is 5.56 Å². The average molecular weight is 337 g/mol. The molecule has 2 aromatic rings. The van der Waals surface area contributed by atoms with E-state index in [-0.39, 0.29) is 0 Å². The summed E-state index contributed by atoms with van der Waals surface area (Å²) in [6.45, 7) is 1.82. The van der Waals surface area contributed by atoms with Crippen molar-refractivity contribution in [3.8, 4) is 5.88 Å². The van der Waals surface area contributed by atoms with Gasteiger partial charge in [0.1, 0.15) is 6.61 Å². The SMILES string of the molecule is COCCOc1ccc(NCc2cccc(Br)c2)cn1. The van der Waals surface area contributed by atoms with Gasteiger partial charge in [-0.25, -0.2) is 4.98 Å². The Labute approximate surface area is 127 Å². The first kappa shape index (κ1) is 14.8. The number of rotatable bonds is 7. The normalized spacial score (nSPS) is 10.3. The van der Waals surface area contributed by atoms with Crippen LogP contribution in [0.5, 0.6) is 5.88 Å². The summed E-state index contributed by atoms with van der Waals surface area (Å²) in [6.07, 6.45) is 1.76. The molecule has 1 aromatic heterocycles. The van der Waals surface area contributed by atoms with Gasteiger partial charge in [-0.15, -0.1) is 0 Å². The van der Waals surface area contributed by atoms with Gasteiger partial charge in [0.25, 0.3) is 0 Å². The fourth-order valence-corrected chi connectivity index (χ4v) is 2.10. The van der Waals surface area contributed by atoms with Gasteiger partial charge in [-0.3, -0.25) is 0 Å². The van der Waals surface area contributed by atoms with Gasteiger partial charge >= 0.3 is 0 Å². The molecule has 0 saturated heterocycles. The minimum absolute atomic E-state index is 0.508. The molecular weight excluding hydrogens is 320 g/mol. The number of aromatic nitrogens is 1. The number of methoxy groups -OCH3 is 1. The molecule has 0 bridgehead atoms. The van der Waals surface area contributed by atoms with Crippen molar-refractivity contribution in [2.45, 2.75) is 6.54 Å². The molecule has 0 unspecified atom stereocenters. The quantitative estimate of drug-likeness (QED) is 0.786. The van der Waals surface area contributed by atoms with E-state index in [2.05, 4.69) is 38.4 Å². The number of nitrogens with zero attached hydrogens (tertiary/aromatic N) is 1. The molecule has 0 aliphatic carbocycles. The third-order valence-corrected chi connectivity index (χ3v) is 3.15. The van der Waals surface area contributed by atoms with E-state index < -0.39 is 0 Å². The second-order valence-electron chi connectivity index (χ2n) is 4.21. The number of anilines is 1. The number of pyridine rings is 1. The fraction of sp³-hybridized carbons (Fsp3) is 0.267. The molecular formula is C15H17BrN2O2. The maximum absolute atomic E-state index is 5.41. The maximum Gasteiger partial charge on any atom is 0.213 e. The highest BCUT2D eigenvalue weighted by atomic mass is 79.9. The Balaban J connectivity index is 1.84. The summed E-state index contributed by atoms with van der Waals surface area (Å²) in [5.41, 5.74) is 2.17. The van der Waals surface area contributed by atoms with Crippen LogP contribution in [0.2, 0.25) is 0 Å². The lowest BCUT2D eigenvalue weighted by molar-refractivity contribution is 0.144. The first-order chi connectivity index (χ1) is 9.78. The van der Waals surface area contributed by atoms with Gasteiger partial charge < -0.3 is 14.8 Å². The summed E-state index contributed by atoms with van der Waals surface area (Å²) < 4.78 is 11.4. The lowest BCUT2D eigenvalue weighted by atomic mass is 10.2. The summed E-state index contributed by atoms with van der Waals surface area (Å²) in [6, 6.07) is 12.0. The Kier molecular flexibility index (Phi) is 5.83. The standard InChI is InChI=1S/C15H17BrN2O2/c1-19-7-8-20-15-6-5-14(11-18-15)17-10-12-3-2-4-13(16)9-12/h2-6,9,11,17H,7-8,10H2,1H3. The van der Waals surface area contributed by atoms with Crippen molar-refractivity contribution in [2.75, 3.05) is 25.6 Å². The molecule has 0 fully saturated rings. The van der Waals surface area contributed by atoms with Crippen LogP contribution in [0.25, 0.3) is 0 Å². The van der Waals surface area contributed by atoms with Crippen LogP contribution in [-0.2, 0) is 11.3 Å². The van der Waals surface area contributed by atoms with Gasteiger partial charge in [-0.05, 0) is 23.8 Å². The zero-order chi connectivity index (χ0) is 14.2. The summed E-state index contributed by atoms with van der Waals surface area (Å²) in [4.78, 5) is 4.23. The molecule has 0 radical (unpaired) electrons. The summed E-state index contributed by atoms with van der Waals surface area (Å²) in [7, 11) is 1.64. The predicted molar refractivity (Wildman–Crippen MR) is 83.1 cm³/mol. The maximum atomic E-state index is 5.41. The van der Waals surface area contributed by atoms with Crippen LogP contribution in [0.4, 0.5) is 5.69 Å². The molecule has 0 atom stereocenters. The molecule has 1 heterocycles. The number of hydrogen-bond acceptors (Lipinski definition) is 4. The van der Waals surface area contributed by atoms with Crippen molar-refractivity contribution in [3.63, 3.8) is 0 Å². The van der Waals surface area contributed by atoms with Crippen molar-refractivity contribution in [1.29, 1.82) is 0 Å². The summed E-state index contributed by atoms with van der Waals surface area (Å²) in [5, 5.41) is 3.32. The number of hydrogen-bond donors (Lipinski definition) is 1. The van der Waals surface area contributed by atoms with E-state index in [0.717, 1.165) is 16.7 Å². The molecule has 1 aromatic carbocycles. The monoisotopic (exact) mass is 336 g/mol. The molecule has 1 N–H and O–H groups in total. The Hall–Kier alpha value is -1.59. The molecule has 20 heavy (non-hydrogen) atoms. The molecule has 0 aliphatic heterocycles. The van der Waals surface area contributed by atoms with Crippen molar-refractivity contribution >= 4 is 21.6 Å². The highest BCUT2D eigenvalue weighted by Crippen LogP contribution is 2.15. The molecule has 4 nitrogen and oxygen atoms in total. The summed E-state index contributed by atoms with van der Waals surface area (Å²) >= 11 is 3.46. The zero-order valence-corrected chi connectivity index (χ0v) is 12.9. The van der Waals surface area contributed by atoms with Gasteiger partial charge in [0.05, 0.1) is 18.5 Å². The fourth-order valence-electron chi connectivity index (χ4n) is 1.65. The van der Waals surface area contributed by atoms with E-state index in [4.69, 9.17) is 9.47 Å². The van der Waals surface area contributed by atoms with Crippen LogP contribution in [-0.4, -0.2) is 25.3 Å². The van der Waals surface area contributed by atoms with Crippen LogP contribution >= 0.6 is 15.9 Å². The predicted octanol–water partition coefficient (Wildman–Crippen LogP) is 3.48. The third-order valence-electron chi connectivity index (χ3n) is 2.66. The topological polar surface area (TPSA) is 43.4 Å². The van der Waals surface area contributed by atoms with Crippen molar-refractivity contribution < 1.29 is 9.47 Å². The molecule has 0 saturated carbocycles. The number of benzene rings is 1. The minimum Gasteiger partial charge on any atom is -0.475 e. The van der Waals surface area contributed by atoms with Crippen LogP contribution < -0.4 is 10.1 Å². The molecule has 106 valence electrons. The summed E-state index contributed by atoms with van der Waals surface area (Å²) in [5.74, 6) is 0.607. The van der Waals surface area contributed by atoms with E-state index in [1.165, 1.54) is 5.56 Å². The van der Waals surface area contributed by atoms with Gasteiger partial charge in [0, 0.05) is 24.2 Å². The van der Waals surface area contributed by atoms with Crippen LogP contribution in [0.3, 0.4) is 0 Å². The number of halogens is 1. The van der Waals surface area contributed by atoms with Gasteiger partial charge in [0.15, 0.2) is 0 Å². The van der Waals surface area contributed by atoms with E-state index in [1.807, 2.05) is 24.3 Å². The highest BCUT2D eigenvalue weighted by molar-refractivity contribution is 9.10.